The van der Waals surface area contributed by atoms with E-state index in [4.69, 9.17) is 11.6 Å². The summed E-state index contributed by atoms with van der Waals surface area (Å²) in [6.45, 7) is 1.55. The zero-order chi connectivity index (χ0) is 21.4. The average molecular weight is 423 g/mol. The predicted octanol–water partition coefficient (Wildman–Crippen LogP) is 4.81. The Morgan fingerprint density at radius 2 is 1.73 bits per heavy atom. The maximum atomic E-state index is 13.7. The summed E-state index contributed by atoms with van der Waals surface area (Å²) in [7, 11) is 0. The van der Waals surface area contributed by atoms with E-state index in [0.29, 0.717) is 21.8 Å². The summed E-state index contributed by atoms with van der Waals surface area (Å²) in [5.74, 6) is -2.40. The van der Waals surface area contributed by atoms with E-state index in [2.05, 4.69) is 4.98 Å². The Balaban J connectivity index is 1.94. The second kappa shape index (κ2) is 7.72. The van der Waals surface area contributed by atoms with Crippen LogP contribution in [-0.4, -0.2) is 21.8 Å². The SMILES string of the molecule is Cc1cc(/C(O)=C2/C(=O)C(=O)N(c3ccc(Cl)cc3)C2c2ccncc2)ccc1F. The molecule has 1 unspecified atom stereocenters. The lowest BCUT2D eigenvalue weighted by atomic mass is 9.95. The van der Waals surface area contributed by atoms with Gasteiger partial charge in [0.15, 0.2) is 0 Å². The predicted molar refractivity (Wildman–Crippen MR) is 112 cm³/mol. The van der Waals surface area contributed by atoms with Crippen LogP contribution in [-0.2, 0) is 9.59 Å². The molecule has 1 aromatic heterocycles. The van der Waals surface area contributed by atoms with Crippen LogP contribution >= 0.6 is 11.6 Å². The first-order valence-electron chi connectivity index (χ1n) is 9.11. The van der Waals surface area contributed by atoms with E-state index in [1.165, 1.54) is 23.1 Å². The molecule has 7 heteroatoms. The summed E-state index contributed by atoms with van der Waals surface area (Å²) in [6, 6.07) is 13.0. The molecule has 1 fully saturated rings. The number of benzene rings is 2. The number of aryl methyl sites for hydroxylation is 1. The number of aliphatic hydroxyl groups excluding tert-OH is 1. The Bertz CT molecular complexity index is 1180. The van der Waals surface area contributed by atoms with Gasteiger partial charge in [-0.05, 0) is 72.6 Å². The highest BCUT2D eigenvalue weighted by molar-refractivity contribution is 6.51. The van der Waals surface area contributed by atoms with Gasteiger partial charge in [0.25, 0.3) is 11.7 Å². The van der Waals surface area contributed by atoms with Gasteiger partial charge in [0.05, 0.1) is 11.6 Å². The first-order valence-corrected chi connectivity index (χ1v) is 9.49. The van der Waals surface area contributed by atoms with Gasteiger partial charge in [-0.25, -0.2) is 4.39 Å². The lowest BCUT2D eigenvalue weighted by Gasteiger charge is -2.25. The van der Waals surface area contributed by atoms with Crippen LogP contribution in [0.25, 0.3) is 5.76 Å². The molecule has 1 atom stereocenters. The third kappa shape index (κ3) is 3.35. The summed E-state index contributed by atoms with van der Waals surface area (Å²) in [6.07, 6.45) is 3.08. The Morgan fingerprint density at radius 1 is 1.07 bits per heavy atom. The van der Waals surface area contributed by atoms with E-state index in [0.717, 1.165) is 0 Å². The number of aliphatic hydroxyl groups is 1. The molecule has 4 rings (SSSR count). The topological polar surface area (TPSA) is 70.5 Å². The van der Waals surface area contributed by atoms with Crippen LogP contribution in [0.15, 0.2) is 72.6 Å². The summed E-state index contributed by atoms with van der Waals surface area (Å²) in [4.78, 5) is 31.2. The van der Waals surface area contributed by atoms with Crippen molar-refractivity contribution in [1.82, 2.24) is 4.98 Å². The maximum absolute atomic E-state index is 13.7. The normalized spacial score (nSPS) is 18.1. The van der Waals surface area contributed by atoms with Crippen LogP contribution in [0.1, 0.15) is 22.7 Å². The fraction of sp³-hybridized carbons (Fsp3) is 0.0870. The van der Waals surface area contributed by atoms with Gasteiger partial charge in [-0.1, -0.05) is 11.6 Å². The number of nitrogens with zero attached hydrogens (tertiary/aromatic N) is 2. The Labute approximate surface area is 177 Å². The minimum absolute atomic E-state index is 0.0767. The van der Waals surface area contributed by atoms with E-state index in [9.17, 15) is 19.1 Å². The zero-order valence-corrected chi connectivity index (χ0v) is 16.6. The zero-order valence-electron chi connectivity index (χ0n) is 15.8. The number of hydrogen-bond donors (Lipinski definition) is 1. The molecule has 1 aliphatic heterocycles. The number of Topliss-reactive ketones (excluding diaryl/α,β-unsaturated/α-hetero) is 1. The fourth-order valence-corrected chi connectivity index (χ4v) is 3.64. The van der Waals surface area contributed by atoms with Crippen molar-refractivity contribution >= 4 is 34.7 Å². The molecule has 1 saturated heterocycles. The van der Waals surface area contributed by atoms with Crippen LogP contribution < -0.4 is 4.90 Å². The smallest absolute Gasteiger partial charge is 0.300 e. The quantitative estimate of drug-likeness (QED) is 0.373. The molecule has 2 heterocycles. The number of pyridine rings is 1. The van der Waals surface area contributed by atoms with Crippen molar-refractivity contribution in [3.63, 3.8) is 0 Å². The summed E-state index contributed by atoms with van der Waals surface area (Å²) in [5, 5.41) is 11.5. The maximum Gasteiger partial charge on any atom is 0.300 e. The number of amides is 1. The molecular formula is C23H16ClFN2O3. The number of anilines is 1. The first kappa shape index (κ1) is 19.8. The summed E-state index contributed by atoms with van der Waals surface area (Å²) < 4.78 is 13.7. The number of rotatable bonds is 3. The van der Waals surface area contributed by atoms with Crippen molar-refractivity contribution in [1.29, 1.82) is 0 Å². The fourth-order valence-electron chi connectivity index (χ4n) is 3.51. The van der Waals surface area contributed by atoms with Gasteiger partial charge in [-0.3, -0.25) is 19.5 Å². The average Bonchev–Trinajstić information content (AvgIpc) is 3.02. The number of ketones is 1. The molecule has 0 saturated carbocycles. The molecular weight excluding hydrogens is 407 g/mol. The number of hydrogen-bond acceptors (Lipinski definition) is 4. The van der Waals surface area contributed by atoms with Crippen molar-refractivity contribution in [2.45, 2.75) is 13.0 Å². The van der Waals surface area contributed by atoms with Crippen molar-refractivity contribution < 1.29 is 19.1 Å². The van der Waals surface area contributed by atoms with Crippen molar-refractivity contribution in [2.24, 2.45) is 0 Å². The second-order valence-corrected chi connectivity index (χ2v) is 7.33. The number of halogens is 2. The van der Waals surface area contributed by atoms with E-state index in [1.807, 2.05) is 0 Å². The highest BCUT2D eigenvalue weighted by Crippen LogP contribution is 2.42. The molecule has 1 N–H and O–H groups in total. The van der Waals surface area contributed by atoms with Crippen LogP contribution in [0.4, 0.5) is 10.1 Å². The number of carbonyl (C=O) groups excluding carboxylic acids is 2. The van der Waals surface area contributed by atoms with Crippen LogP contribution in [0.5, 0.6) is 0 Å². The van der Waals surface area contributed by atoms with Gasteiger partial charge in [-0.2, -0.15) is 0 Å². The Morgan fingerprint density at radius 3 is 2.37 bits per heavy atom. The van der Waals surface area contributed by atoms with Gasteiger partial charge in [0, 0.05) is 28.7 Å². The minimum atomic E-state index is -0.875. The molecule has 0 radical (unpaired) electrons. The van der Waals surface area contributed by atoms with E-state index >= 15 is 0 Å². The Kier molecular flexibility index (Phi) is 5.10. The summed E-state index contributed by atoms with van der Waals surface area (Å²) in [5.41, 5.74) is 1.54. The third-order valence-corrected chi connectivity index (χ3v) is 5.25. The molecule has 0 bridgehead atoms. The van der Waals surface area contributed by atoms with E-state index < -0.39 is 23.5 Å². The van der Waals surface area contributed by atoms with Gasteiger partial charge in [0.2, 0.25) is 0 Å². The van der Waals surface area contributed by atoms with Crippen molar-refractivity contribution in [3.05, 3.63) is 100 Å². The molecule has 0 spiro atoms. The van der Waals surface area contributed by atoms with Crippen LogP contribution in [0, 0.1) is 12.7 Å². The third-order valence-electron chi connectivity index (χ3n) is 5.00. The highest BCUT2D eigenvalue weighted by Gasteiger charge is 2.46. The number of carbonyl (C=O) groups is 2. The van der Waals surface area contributed by atoms with E-state index in [-0.39, 0.29) is 16.9 Å². The molecule has 1 aliphatic rings. The standard InChI is InChI=1S/C23H16ClFN2O3/c1-13-12-15(2-7-18(13)25)21(28)19-20(14-8-10-26-11-9-14)27(23(30)22(19)29)17-5-3-16(24)4-6-17/h2-12,20,28H,1H3/b21-19-. The van der Waals surface area contributed by atoms with Gasteiger partial charge >= 0.3 is 0 Å². The number of aromatic nitrogens is 1. The molecule has 1 amide bonds. The lowest BCUT2D eigenvalue weighted by molar-refractivity contribution is -0.132. The van der Waals surface area contributed by atoms with Crippen LogP contribution in [0.3, 0.4) is 0 Å². The molecule has 5 nitrogen and oxygen atoms in total. The molecule has 150 valence electrons. The summed E-state index contributed by atoms with van der Waals surface area (Å²) >= 11 is 5.96. The molecule has 3 aromatic rings. The first-order chi connectivity index (χ1) is 14.4. The van der Waals surface area contributed by atoms with Gasteiger partial charge < -0.3 is 5.11 Å². The highest BCUT2D eigenvalue weighted by atomic mass is 35.5. The van der Waals surface area contributed by atoms with E-state index in [1.54, 1.807) is 55.7 Å². The molecule has 30 heavy (non-hydrogen) atoms. The van der Waals surface area contributed by atoms with Gasteiger partial charge in [0.1, 0.15) is 11.6 Å². The van der Waals surface area contributed by atoms with Crippen LogP contribution in [0.2, 0.25) is 5.02 Å². The molecule has 0 aliphatic carbocycles. The minimum Gasteiger partial charge on any atom is -0.507 e. The lowest BCUT2D eigenvalue weighted by Crippen LogP contribution is -2.29. The molecule has 2 aromatic carbocycles. The largest absolute Gasteiger partial charge is 0.507 e. The van der Waals surface area contributed by atoms with Gasteiger partial charge in [-0.15, -0.1) is 0 Å². The monoisotopic (exact) mass is 422 g/mol. The second-order valence-electron chi connectivity index (χ2n) is 6.89. The van der Waals surface area contributed by atoms with Crippen molar-refractivity contribution in [3.8, 4) is 0 Å². The van der Waals surface area contributed by atoms with Crippen molar-refractivity contribution in [2.75, 3.05) is 4.90 Å². The Hall–Kier alpha value is -3.51.